The first-order chi connectivity index (χ1) is 11.6. The number of fused-ring (bicyclic) bond motifs is 1. The van der Waals surface area contributed by atoms with Crippen molar-refractivity contribution in [2.24, 2.45) is 0 Å². The molecule has 0 saturated carbocycles. The molecule has 2 aromatic carbocycles. The summed E-state index contributed by atoms with van der Waals surface area (Å²) in [5, 5.41) is 1.03. The van der Waals surface area contributed by atoms with E-state index >= 15 is 0 Å². The van der Waals surface area contributed by atoms with Crippen molar-refractivity contribution < 1.29 is 19.0 Å². The minimum Gasteiger partial charge on any atom is -0.493 e. The smallest absolute Gasteiger partial charge is 0.204 e. The maximum atomic E-state index is 13.0. The van der Waals surface area contributed by atoms with Crippen molar-refractivity contribution in [2.75, 3.05) is 21.3 Å². The van der Waals surface area contributed by atoms with E-state index in [1.807, 2.05) is 24.3 Å². The number of thiophene rings is 1. The Morgan fingerprint density at radius 1 is 1.00 bits per heavy atom. The largest absolute Gasteiger partial charge is 0.493 e. The van der Waals surface area contributed by atoms with Crippen LogP contribution in [-0.2, 0) is 0 Å². The van der Waals surface area contributed by atoms with Crippen molar-refractivity contribution in [2.45, 2.75) is 0 Å². The number of carbonyl (C=O) groups excluding carboxylic acids is 1. The molecule has 3 aromatic rings. The first-order valence-corrected chi connectivity index (χ1v) is 8.73. The highest BCUT2D eigenvalue weighted by molar-refractivity contribution is 9.10. The second kappa shape index (κ2) is 6.83. The predicted octanol–water partition coefficient (Wildman–Crippen LogP) is 4.92. The van der Waals surface area contributed by atoms with Gasteiger partial charge in [-0.1, -0.05) is 18.2 Å². The summed E-state index contributed by atoms with van der Waals surface area (Å²) >= 11 is 5.01. The van der Waals surface area contributed by atoms with Crippen LogP contribution in [0.4, 0.5) is 0 Å². The molecule has 0 unspecified atom stereocenters. The van der Waals surface area contributed by atoms with Gasteiger partial charge in [-0.05, 0) is 34.1 Å². The molecule has 124 valence electrons. The number of hydrogen-bond donors (Lipinski definition) is 0. The van der Waals surface area contributed by atoms with Gasteiger partial charge in [-0.15, -0.1) is 11.3 Å². The van der Waals surface area contributed by atoms with E-state index in [1.54, 1.807) is 12.1 Å². The maximum absolute atomic E-state index is 13.0. The number of rotatable bonds is 5. The lowest BCUT2D eigenvalue weighted by Crippen LogP contribution is -2.03. The van der Waals surface area contributed by atoms with Gasteiger partial charge in [0.15, 0.2) is 11.5 Å². The Morgan fingerprint density at radius 2 is 1.62 bits per heavy atom. The van der Waals surface area contributed by atoms with Crippen LogP contribution in [0.15, 0.2) is 40.9 Å². The van der Waals surface area contributed by atoms with Gasteiger partial charge in [-0.2, -0.15) is 0 Å². The fourth-order valence-electron chi connectivity index (χ4n) is 2.50. The van der Waals surface area contributed by atoms with Gasteiger partial charge in [0.1, 0.15) is 0 Å². The number of ether oxygens (including phenoxy) is 3. The highest BCUT2D eigenvalue weighted by Gasteiger charge is 2.22. The Balaban J connectivity index is 2.13. The molecule has 24 heavy (non-hydrogen) atoms. The third-order valence-electron chi connectivity index (χ3n) is 3.67. The van der Waals surface area contributed by atoms with E-state index in [1.165, 1.54) is 32.7 Å². The Labute approximate surface area is 152 Å². The highest BCUT2D eigenvalue weighted by Crippen LogP contribution is 2.41. The monoisotopic (exact) mass is 406 g/mol. The van der Waals surface area contributed by atoms with Crippen molar-refractivity contribution in [3.63, 3.8) is 0 Å². The molecule has 4 nitrogen and oxygen atoms in total. The number of carbonyl (C=O) groups is 1. The molecule has 1 aromatic heterocycles. The minimum absolute atomic E-state index is 0.0951. The Hall–Kier alpha value is -2.05. The van der Waals surface area contributed by atoms with Crippen LogP contribution in [0.2, 0.25) is 0 Å². The summed E-state index contributed by atoms with van der Waals surface area (Å²) in [6.45, 7) is 0. The van der Waals surface area contributed by atoms with Crippen molar-refractivity contribution in [1.29, 1.82) is 0 Å². The molecule has 0 spiro atoms. The van der Waals surface area contributed by atoms with Crippen molar-refractivity contribution in [3.05, 3.63) is 51.3 Å². The van der Waals surface area contributed by atoms with Crippen molar-refractivity contribution >= 4 is 43.1 Å². The number of benzene rings is 2. The summed E-state index contributed by atoms with van der Waals surface area (Å²) in [6.07, 6.45) is 0. The average Bonchev–Trinajstić information content (AvgIpc) is 2.96. The third kappa shape index (κ3) is 2.76. The second-order valence-electron chi connectivity index (χ2n) is 4.98. The normalized spacial score (nSPS) is 10.7. The topological polar surface area (TPSA) is 44.8 Å². The van der Waals surface area contributed by atoms with Crippen molar-refractivity contribution in [3.8, 4) is 17.2 Å². The number of hydrogen-bond acceptors (Lipinski definition) is 5. The third-order valence-corrected chi connectivity index (χ3v) is 5.92. The number of ketones is 1. The molecule has 0 fully saturated rings. The van der Waals surface area contributed by atoms with E-state index in [-0.39, 0.29) is 5.78 Å². The lowest BCUT2D eigenvalue weighted by atomic mass is 10.1. The van der Waals surface area contributed by atoms with Gasteiger partial charge in [-0.3, -0.25) is 4.79 Å². The van der Waals surface area contributed by atoms with Crippen LogP contribution < -0.4 is 14.2 Å². The molecule has 0 aliphatic carbocycles. The Morgan fingerprint density at radius 3 is 2.17 bits per heavy atom. The Kier molecular flexibility index (Phi) is 4.78. The lowest BCUT2D eigenvalue weighted by molar-refractivity contribution is 0.104. The predicted molar refractivity (Wildman–Crippen MR) is 99.1 cm³/mol. The van der Waals surface area contributed by atoms with E-state index in [0.717, 1.165) is 14.6 Å². The molecule has 0 atom stereocenters. The van der Waals surface area contributed by atoms with Crippen LogP contribution in [0.1, 0.15) is 15.2 Å². The minimum atomic E-state index is -0.0951. The van der Waals surface area contributed by atoms with Gasteiger partial charge < -0.3 is 14.2 Å². The summed E-state index contributed by atoms with van der Waals surface area (Å²) in [4.78, 5) is 13.6. The van der Waals surface area contributed by atoms with E-state index in [2.05, 4.69) is 15.9 Å². The maximum Gasteiger partial charge on any atom is 0.204 e. The molecule has 0 bridgehead atoms. The fourth-order valence-corrected chi connectivity index (χ4v) is 4.46. The molecule has 0 saturated heterocycles. The van der Waals surface area contributed by atoms with Crippen LogP contribution >= 0.6 is 27.3 Å². The zero-order chi connectivity index (χ0) is 17.3. The van der Waals surface area contributed by atoms with Crippen LogP contribution in [0.5, 0.6) is 17.2 Å². The first kappa shape index (κ1) is 16.8. The molecule has 3 rings (SSSR count). The number of methoxy groups -OCH3 is 3. The second-order valence-corrected chi connectivity index (χ2v) is 6.83. The summed E-state index contributed by atoms with van der Waals surface area (Å²) in [7, 11) is 4.59. The molecule has 0 radical (unpaired) electrons. The molecule has 0 aliphatic rings. The standard InChI is InChI=1S/C18H15BrO4S/c1-21-12-8-10(9-13(22-2)17(12)23-3)16(20)18-15(19)11-6-4-5-7-14(11)24-18/h4-9H,1-3H3. The molecular formula is C18H15BrO4S. The molecule has 1 heterocycles. The summed E-state index contributed by atoms with van der Waals surface area (Å²) in [5.74, 6) is 1.28. The van der Waals surface area contributed by atoms with Gasteiger partial charge in [0.2, 0.25) is 11.5 Å². The van der Waals surface area contributed by atoms with E-state index < -0.39 is 0 Å². The van der Waals surface area contributed by atoms with Gasteiger partial charge in [-0.25, -0.2) is 0 Å². The summed E-state index contributed by atoms with van der Waals surface area (Å²) < 4.78 is 17.8. The quantitative estimate of drug-likeness (QED) is 0.564. The highest BCUT2D eigenvalue weighted by atomic mass is 79.9. The van der Waals surface area contributed by atoms with Crippen LogP contribution in [0, 0.1) is 0 Å². The fraction of sp³-hybridized carbons (Fsp3) is 0.167. The molecule has 0 aliphatic heterocycles. The van der Waals surface area contributed by atoms with Crippen LogP contribution in [0.3, 0.4) is 0 Å². The van der Waals surface area contributed by atoms with Gasteiger partial charge >= 0.3 is 0 Å². The van der Waals surface area contributed by atoms with Crippen LogP contribution in [0.25, 0.3) is 10.1 Å². The molecular weight excluding hydrogens is 392 g/mol. The SMILES string of the molecule is COc1cc(C(=O)c2sc3ccccc3c2Br)cc(OC)c1OC. The molecule has 6 heteroatoms. The van der Waals surface area contributed by atoms with Crippen LogP contribution in [-0.4, -0.2) is 27.1 Å². The molecule has 0 amide bonds. The average molecular weight is 407 g/mol. The van der Waals surface area contributed by atoms with Gasteiger partial charge in [0.25, 0.3) is 0 Å². The first-order valence-electron chi connectivity index (χ1n) is 7.12. The summed E-state index contributed by atoms with van der Waals surface area (Å²) in [6, 6.07) is 11.2. The summed E-state index contributed by atoms with van der Waals surface area (Å²) in [5.41, 5.74) is 0.483. The van der Waals surface area contributed by atoms with E-state index in [4.69, 9.17) is 14.2 Å². The zero-order valence-corrected chi connectivity index (χ0v) is 15.8. The zero-order valence-electron chi connectivity index (χ0n) is 13.4. The Bertz CT molecular complexity index is 892. The van der Waals surface area contributed by atoms with E-state index in [0.29, 0.717) is 27.7 Å². The number of halogens is 1. The molecule has 0 N–H and O–H groups in total. The lowest BCUT2D eigenvalue weighted by Gasteiger charge is -2.13. The van der Waals surface area contributed by atoms with E-state index in [9.17, 15) is 4.79 Å². The van der Waals surface area contributed by atoms with Gasteiger partial charge in [0.05, 0.1) is 26.2 Å². The van der Waals surface area contributed by atoms with Crippen molar-refractivity contribution in [1.82, 2.24) is 0 Å². The van der Waals surface area contributed by atoms with Gasteiger partial charge in [0, 0.05) is 20.1 Å².